The molecule has 228 valence electrons. The molecule has 2 aliphatic heterocycles. The number of nitrogens with zero attached hydrogens (tertiary/aromatic N) is 2. The monoisotopic (exact) mass is 603 g/mol. The highest BCUT2D eigenvalue weighted by Crippen LogP contribution is 2.40. The van der Waals surface area contributed by atoms with Crippen molar-refractivity contribution in [2.24, 2.45) is 5.41 Å². The summed E-state index contributed by atoms with van der Waals surface area (Å²) in [4.78, 5) is 22.4. The number of amides is 1. The first kappa shape index (κ1) is 33.0. The van der Waals surface area contributed by atoms with E-state index in [-0.39, 0.29) is 36.3 Å². The van der Waals surface area contributed by atoms with Gasteiger partial charge in [-0.15, -0.1) is 0 Å². The number of nitrogens with one attached hydrogen (secondary N) is 1. The molecule has 1 amide bonds. The van der Waals surface area contributed by atoms with Crippen molar-refractivity contribution < 1.29 is 33.2 Å². The van der Waals surface area contributed by atoms with Gasteiger partial charge in [0, 0.05) is 36.6 Å². The van der Waals surface area contributed by atoms with E-state index in [4.69, 9.17) is 30.5 Å². The van der Waals surface area contributed by atoms with Crippen molar-refractivity contribution in [3.8, 4) is 5.75 Å². The minimum Gasteiger partial charge on any atom is -0.472 e. The van der Waals surface area contributed by atoms with Crippen molar-refractivity contribution in [3.63, 3.8) is 0 Å². The first-order valence-electron chi connectivity index (χ1n) is 14.0. The van der Waals surface area contributed by atoms with E-state index in [9.17, 15) is 14.3 Å². The smallest absolute Gasteiger partial charge is 0.410 e. The molecule has 40 heavy (non-hydrogen) atoms. The van der Waals surface area contributed by atoms with Gasteiger partial charge in [0.1, 0.15) is 5.60 Å². The predicted octanol–water partition coefficient (Wildman–Crippen LogP) is 5.38. The van der Waals surface area contributed by atoms with Gasteiger partial charge in [-0.05, 0) is 69.9 Å². The fourth-order valence-corrected chi connectivity index (χ4v) is 5.33. The highest BCUT2D eigenvalue weighted by molar-refractivity contribution is 6.73. The van der Waals surface area contributed by atoms with Gasteiger partial charge in [0.05, 0.1) is 19.4 Å². The number of aliphatic hydroxyl groups is 1. The fourth-order valence-electron chi connectivity index (χ4n) is 4.57. The first-order valence-corrected chi connectivity index (χ1v) is 17.3. The zero-order valence-electron chi connectivity index (χ0n) is 25.2. The van der Waals surface area contributed by atoms with Gasteiger partial charge in [0.2, 0.25) is 8.32 Å². The molecule has 9 nitrogen and oxygen atoms in total. The van der Waals surface area contributed by atoms with Gasteiger partial charge in [-0.2, -0.15) is 0 Å². The maximum atomic E-state index is 14.5. The molecule has 2 N–H and O–H groups in total. The van der Waals surface area contributed by atoms with Crippen molar-refractivity contribution in [1.82, 2.24) is 15.1 Å². The van der Waals surface area contributed by atoms with Gasteiger partial charge >= 0.3 is 6.09 Å². The van der Waals surface area contributed by atoms with Gasteiger partial charge in [-0.25, -0.2) is 14.1 Å². The molecule has 0 spiro atoms. The number of piperidine rings is 1. The molecule has 1 aromatic carbocycles. The van der Waals surface area contributed by atoms with Crippen LogP contribution in [-0.2, 0) is 14.2 Å². The molecule has 2 saturated heterocycles. The van der Waals surface area contributed by atoms with Crippen LogP contribution in [0.25, 0.3) is 0 Å². The summed E-state index contributed by atoms with van der Waals surface area (Å²) >= 11 is 5.91. The molecule has 0 aliphatic carbocycles. The molecule has 3 atom stereocenters. The van der Waals surface area contributed by atoms with Crippen molar-refractivity contribution in [2.45, 2.75) is 90.5 Å². The van der Waals surface area contributed by atoms with Gasteiger partial charge in [0.15, 0.2) is 17.8 Å². The van der Waals surface area contributed by atoms with Crippen LogP contribution in [0.5, 0.6) is 5.75 Å². The zero-order chi connectivity index (χ0) is 29.9. The van der Waals surface area contributed by atoms with Crippen LogP contribution in [0.15, 0.2) is 18.2 Å². The molecule has 2 heterocycles. The fraction of sp³-hybridized carbons (Fsp3) is 0.750. The summed E-state index contributed by atoms with van der Waals surface area (Å²) in [6, 6.07) is 4.31. The summed E-state index contributed by atoms with van der Waals surface area (Å²) in [5.41, 5.74) is -1.29. The number of aliphatic hydroxyl groups excluding tert-OH is 1. The minimum absolute atomic E-state index is 0.0385. The standard InChI is InChI=1S/C28H47ClFN3O6Si/c1-26(2,3)38-25(35)33-15-13-32(14-16-33)24-28(18-34,19-36-39-40(7,8)27(4,5)6)12-11-23(31-24)37-22-10-9-20(29)17-21(22)30/h9-10,17,23-24,31,34H,11-16,18-19H2,1-8H3. The highest BCUT2D eigenvalue weighted by Gasteiger charge is 2.49. The lowest BCUT2D eigenvalue weighted by atomic mass is 9.77. The van der Waals surface area contributed by atoms with Crippen molar-refractivity contribution in [3.05, 3.63) is 29.0 Å². The summed E-state index contributed by atoms with van der Waals surface area (Å²) in [5, 5.41) is 14.5. The third-order valence-electron chi connectivity index (χ3n) is 8.06. The van der Waals surface area contributed by atoms with E-state index in [2.05, 4.69) is 44.1 Å². The number of hydrogen-bond donors (Lipinski definition) is 2. The van der Waals surface area contributed by atoms with Crippen LogP contribution in [0, 0.1) is 11.2 Å². The van der Waals surface area contributed by atoms with Crippen LogP contribution in [0.4, 0.5) is 9.18 Å². The average molecular weight is 604 g/mol. The molecule has 0 radical (unpaired) electrons. The maximum absolute atomic E-state index is 14.5. The largest absolute Gasteiger partial charge is 0.472 e. The summed E-state index contributed by atoms with van der Waals surface area (Å²) in [6.07, 6.45) is -0.169. The quantitative estimate of drug-likeness (QED) is 0.232. The second-order valence-corrected chi connectivity index (χ2v) is 18.5. The van der Waals surface area contributed by atoms with Crippen LogP contribution in [0.3, 0.4) is 0 Å². The predicted molar refractivity (Wildman–Crippen MR) is 155 cm³/mol. The Morgan fingerprint density at radius 2 is 1.82 bits per heavy atom. The zero-order valence-corrected chi connectivity index (χ0v) is 26.9. The Balaban J connectivity index is 1.77. The van der Waals surface area contributed by atoms with Gasteiger partial charge in [-0.3, -0.25) is 14.8 Å². The molecular formula is C28H47ClFN3O6Si. The lowest BCUT2D eigenvalue weighted by molar-refractivity contribution is -0.261. The van der Waals surface area contributed by atoms with Crippen LogP contribution in [-0.4, -0.2) is 86.7 Å². The molecule has 0 saturated carbocycles. The lowest BCUT2D eigenvalue weighted by Crippen LogP contribution is -2.68. The third kappa shape index (κ3) is 8.30. The third-order valence-corrected chi connectivity index (χ3v) is 12.4. The Hall–Kier alpha value is -1.47. The van der Waals surface area contributed by atoms with E-state index in [0.717, 1.165) is 0 Å². The SMILES string of the molecule is CC(C)(C)OC(=O)N1CCN(C2NC(Oc3ccc(Cl)cc3F)CCC2(CO)COO[Si](C)(C)C(C)(C)C)CC1. The van der Waals surface area contributed by atoms with Crippen molar-refractivity contribution in [1.29, 1.82) is 0 Å². The molecule has 3 unspecified atom stereocenters. The Morgan fingerprint density at radius 1 is 1.18 bits per heavy atom. The van der Waals surface area contributed by atoms with Crippen LogP contribution in [0.1, 0.15) is 54.4 Å². The number of carbonyl (C=O) groups is 1. The second-order valence-electron chi connectivity index (χ2n) is 13.4. The minimum atomic E-state index is -2.19. The van der Waals surface area contributed by atoms with E-state index in [1.807, 2.05) is 20.8 Å². The number of benzene rings is 1. The molecule has 3 rings (SSSR count). The van der Waals surface area contributed by atoms with Crippen LogP contribution < -0.4 is 10.1 Å². The second kappa shape index (κ2) is 12.8. The van der Waals surface area contributed by atoms with E-state index in [1.165, 1.54) is 12.1 Å². The van der Waals surface area contributed by atoms with Crippen LogP contribution >= 0.6 is 11.6 Å². The Kier molecular flexibility index (Phi) is 10.6. The lowest BCUT2D eigenvalue weighted by Gasteiger charge is -2.52. The normalized spacial score (nSPS) is 25.1. The van der Waals surface area contributed by atoms with E-state index in [0.29, 0.717) is 44.0 Å². The Labute approximate surface area is 244 Å². The first-order chi connectivity index (χ1) is 18.5. The van der Waals surface area contributed by atoms with E-state index < -0.39 is 31.4 Å². The Morgan fingerprint density at radius 3 is 2.38 bits per heavy atom. The Bertz CT molecular complexity index is 1010. The topological polar surface area (TPSA) is 92.7 Å². The number of ether oxygens (including phenoxy) is 2. The van der Waals surface area contributed by atoms with Crippen LogP contribution in [0.2, 0.25) is 23.2 Å². The van der Waals surface area contributed by atoms with Gasteiger partial charge in [0.25, 0.3) is 0 Å². The molecule has 0 aromatic heterocycles. The summed E-state index contributed by atoms with van der Waals surface area (Å²) in [7, 11) is -2.19. The number of halogens is 2. The maximum Gasteiger partial charge on any atom is 0.410 e. The number of hydrogen-bond acceptors (Lipinski definition) is 8. The van der Waals surface area contributed by atoms with Gasteiger partial charge in [-0.1, -0.05) is 32.4 Å². The average Bonchev–Trinajstić information content (AvgIpc) is 2.84. The van der Waals surface area contributed by atoms with E-state index >= 15 is 0 Å². The molecule has 2 aliphatic rings. The molecule has 0 bridgehead atoms. The highest BCUT2D eigenvalue weighted by atomic mass is 35.5. The number of carbonyl (C=O) groups excluding carboxylic acids is 1. The molecule has 12 heteroatoms. The van der Waals surface area contributed by atoms with Crippen molar-refractivity contribution >= 4 is 26.0 Å². The van der Waals surface area contributed by atoms with Crippen molar-refractivity contribution in [2.75, 3.05) is 39.4 Å². The van der Waals surface area contributed by atoms with Gasteiger partial charge < -0.3 is 19.5 Å². The summed E-state index contributed by atoms with van der Waals surface area (Å²) in [5.74, 6) is -0.439. The van der Waals surface area contributed by atoms with E-state index in [1.54, 1.807) is 11.0 Å². The number of rotatable bonds is 8. The molecule has 2 fully saturated rings. The number of piperazine rings is 1. The summed E-state index contributed by atoms with van der Waals surface area (Å²) < 4.78 is 32.1. The molecular weight excluding hydrogens is 557 g/mol. The summed E-state index contributed by atoms with van der Waals surface area (Å²) in [6.45, 7) is 18.2. The molecule has 1 aromatic rings.